The molecule has 1 aromatic heterocycles. The molecule has 0 saturated heterocycles. The van der Waals surface area contributed by atoms with Crippen molar-refractivity contribution in [3.63, 3.8) is 0 Å². The van der Waals surface area contributed by atoms with Gasteiger partial charge in [-0.1, -0.05) is 51.7 Å². The smallest absolute Gasteiger partial charge is 0.269 e. The van der Waals surface area contributed by atoms with Crippen molar-refractivity contribution in [2.45, 2.75) is 63.0 Å². The van der Waals surface area contributed by atoms with Gasteiger partial charge in [0.25, 0.3) is 5.69 Å². The van der Waals surface area contributed by atoms with Gasteiger partial charge in [0.1, 0.15) is 0 Å². The van der Waals surface area contributed by atoms with E-state index in [0.29, 0.717) is 5.25 Å². The number of imidazole rings is 1. The second-order valence-electron chi connectivity index (χ2n) is 6.39. The van der Waals surface area contributed by atoms with Crippen LogP contribution in [0.1, 0.15) is 56.9 Å². The molecule has 0 radical (unpaired) electrons. The summed E-state index contributed by atoms with van der Waals surface area (Å²) >= 11 is 1.95. The Kier molecular flexibility index (Phi) is 7.98. The van der Waals surface area contributed by atoms with Crippen LogP contribution in [0.15, 0.2) is 43.0 Å². The molecule has 5 nitrogen and oxygen atoms in total. The van der Waals surface area contributed by atoms with Crippen LogP contribution in [0.3, 0.4) is 0 Å². The maximum atomic E-state index is 10.8. The van der Waals surface area contributed by atoms with Crippen LogP contribution in [0.2, 0.25) is 0 Å². The van der Waals surface area contributed by atoms with Crippen molar-refractivity contribution in [3.05, 3.63) is 58.7 Å². The minimum atomic E-state index is -0.357. The van der Waals surface area contributed by atoms with Gasteiger partial charge in [-0.25, -0.2) is 4.98 Å². The van der Waals surface area contributed by atoms with Crippen LogP contribution in [-0.4, -0.2) is 19.7 Å². The summed E-state index contributed by atoms with van der Waals surface area (Å²) in [7, 11) is 0. The molecule has 0 saturated carbocycles. The van der Waals surface area contributed by atoms with Gasteiger partial charge in [-0.3, -0.25) is 10.1 Å². The second-order valence-corrected chi connectivity index (χ2v) is 8.01. The van der Waals surface area contributed by atoms with Gasteiger partial charge in [-0.05, 0) is 12.0 Å². The van der Waals surface area contributed by atoms with E-state index < -0.39 is 0 Å². The average molecular weight is 362 g/mol. The van der Waals surface area contributed by atoms with Crippen molar-refractivity contribution in [3.8, 4) is 0 Å². The van der Waals surface area contributed by atoms with Gasteiger partial charge in [-0.15, -0.1) is 11.8 Å². The Morgan fingerprint density at radius 1 is 1.24 bits per heavy atom. The fraction of sp³-hybridized carbons (Fsp3) is 0.526. The molecule has 2 atom stereocenters. The van der Waals surface area contributed by atoms with Crippen LogP contribution in [0, 0.1) is 10.1 Å². The van der Waals surface area contributed by atoms with Gasteiger partial charge in [0.2, 0.25) is 0 Å². The number of non-ortho nitro benzene ring substituents is 1. The summed E-state index contributed by atoms with van der Waals surface area (Å²) in [6.45, 7) is 4.52. The molecule has 1 heterocycles. The normalized spacial score (nSPS) is 13.5. The third-order valence-corrected chi connectivity index (χ3v) is 5.69. The van der Waals surface area contributed by atoms with E-state index in [4.69, 9.17) is 0 Å². The van der Waals surface area contributed by atoms with Crippen LogP contribution in [0.4, 0.5) is 5.69 Å². The molecule has 6 heteroatoms. The first-order valence-corrected chi connectivity index (χ1v) is 9.90. The largest absolute Gasteiger partial charge is 0.325 e. The van der Waals surface area contributed by atoms with Crippen LogP contribution in [0.25, 0.3) is 0 Å². The number of hydrogen-bond acceptors (Lipinski definition) is 4. The van der Waals surface area contributed by atoms with E-state index in [1.807, 2.05) is 36.4 Å². The van der Waals surface area contributed by atoms with E-state index >= 15 is 0 Å². The zero-order valence-electron chi connectivity index (χ0n) is 15.0. The predicted octanol–water partition coefficient (Wildman–Crippen LogP) is 5.62. The highest BCUT2D eigenvalue weighted by Crippen LogP contribution is 2.33. The van der Waals surface area contributed by atoms with E-state index in [2.05, 4.69) is 23.4 Å². The minimum absolute atomic E-state index is 0.139. The van der Waals surface area contributed by atoms with Crippen LogP contribution < -0.4 is 0 Å². The second kappa shape index (κ2) is 10.2. The lowest BCUT2D eigenvalue weighted by Crippen LogP contribution is -2.11. The summed E-state index contributed by atoms with van der Waals surface area (Å²) in [5.74, 6) is 0. The maximum absolute atomic E-state index is 10.8. The van der Waals surface area contributed by atoms with Gasteiger partial charge in [0, 0.05) is 36.2 Å². The van der Waals surface area contributed by atoms with Gasteiger partial charge < -0.3 is 4.57 Å². The van der Waals surface area contributed by atoms with Gasteiger partial charge in [0.15, 0.2) is 0 Å². The summed E-state index contributed by atoms with van der Waals surface area (Å²) in [4.78, 5) is 14.6. The molecule has 0 bridgehead atoms. The molecular formula is C19H27N3O2S. The van der Waals surface area contributed by atoms with E-state index in [9.17, 15) is 10.1 Å². The summed E-state index contributed by atoms with van der Waals surface area (Å²) in [6, 6.07) is 6.88. The molecule has 0 aliphatic carbocycles. The van der Waals surface area contributed by atoms with Crippen molar-refractivity contribution in [2.24, 2.45) is 0 Å². The van der Waals surface area contributed by atoms with E-state index in [-0.39, 0.29) is 16.0 Å². The van der Waals surface area contributed by atoms with Crippen LogP contribution in [-0.2, 0) is 6.42 Å². The lowest BCUT2D eigenvalue weighted by Gasteiger charge is -2.22. The molecule has 2 unspecified atom stereocenters. The fourth-order valence-electron chi connectivity index (χ4n) is 2.81. The summed E-state index contributed by atoms with van der Waals surface area (Å²) < 4.78 is 2.13. The first-order valence-electron chi connectivity index (χ1n) is 8.96. The van der Waals surface area contributed by atoms with Crippen molar-refractivity contribution < 1.29 is 4.92 Å². The number of rotatable bonds is 11. The topological polar surface area (TPSA) is 61.0 Å². The molecule has 2 aromatic rings. The number of nitro groups is 1. The van der Waals surface area contributed by atoms with Crippen molar-refractivity contribution in [1.82, 2.24) is 9.55 Å². The van der Waals surface area contributed by atoms with Crippen LogP contribution >= 0.6 is 11.8 Å². The number of nitrogens with zero attached hydrogens (tertiary/aromatic N) is 3. The Morgan fingerprint density at radius 3 is 2.60 bits per heavy atom. The lowest BCUT2D eigenvalue weighted by molar-refractivity contribution is -0.384. The Hall–Kier alpha value is -1.82. The SMILES string of the molecule is CCCCCCC(C)SC(Cc1ccc([N+](=O)[O-])cc1)n1ccnc1. The maximum Gasteiger partial charge on any atom is 0.269 e. The summed E-state index contributed by atoms with van der Waals surface area (Å²) in [5, 5.41) is 11.6. The summed E-state index contributed by atoms with van der Waals surface area (Å²) in [6.07, 6.45) is 12.9. The van der Waals surface area contributed by atoms with Gasteiger partial charge >= 0.3 is 0 Å². The third-order valence-electron chi connectivity index (χ3n) is 4.27. The van der Waals surface area contributed by atoms with Crippen LogP contribution in [0.5, 0.6) is 0 Å². The first-order chi connectivity index (χ1) is 12.1. The zero-order valence-corrected chi connectivity index (χ0v) is 15.8. The van der Waals surface area contributed by atoms with E-state index in [0.717, 1.165) is 12.0 Å². The Balaban J connectivity index is 1.97. The monoisotopic (exact) mass is 361 g/mol. The minimum Gasteiger partial charge on any atom is -0.325 e. The molecule has 0 spiro atoms. The van der Waals surface area contributed by atoms with Crippen molar-refractivity contribution in [1.29, 1.82) is 0 Å². The molecule has 0 N–H and O–H groups in total. The third kappa shape index (κ3) is 6.53. The highest BCUT2D eigenvalue weighted by molar-refractivity contribution is 7.99. The molecule has 0 fully saturated rings. The lowest BCUT2D eigenvalue weighted by atomic mass is 10.1. The molecule has 136 valence electrons. The van der Waals surface area contributed by atoms with Crippen molar-refractivity contribution >= 4 is 17.4 Å². The number of nitro benzene ring substituents is 1. The number of thioether (sulfide) groups is 1. The predicted molar refractivity (Wildman–Crippen MR) is 104 cm³/mol. The Labute approximate surface area is 154 Å². The standard InChI is InChI=1S/C19H27N3O2S/c1-3-4-5-6-7-16(2)25-19(21-13-12-20-15-21)14-17-8-10-18(11-9-17)22(23)24/h8-13,15-16,19H,3-7,14H2,1-2H3. The number of hydrogen-bond donors (Lipinski definition) is 0. The summed E-state index contributed by atoms with van der Waals surface area (Å²) in [5.41, 5.74) is 1.25. The zero-order chi connectivity index (χ0) is 18.1. The van der Waals surface area contributed by atoms with E-state index in [1.54, 1.807) is 18.3 Å². The molecule has 2 rings (SSSR count). The molecule has 0 aliphatic heterocycles. The molecule has 25 heavy (non-hydrogen) atoms. The quantitative estimate of drug-likeness (QED) is 0.296. The molecular weight excluding hydrogens is 334 g/mol. The number of benzene rings is 1. The highest BCUT2D eigenvalue weighted by Gasteiger charge is 2.16. The van der Waals surface area contributed by atoms with Gasteiger partial charge in [-0.2, -0.15) is 0 Å². The molecule has 0 aliphatic rings. The van der Waals surface area contributed by atoms with Gasteiger partial charge in [0.05, 0.1) is 16.6 Å². The first kappa shape index (κ1) is 19.5. The fourth-order valence-corrected chi connectivity index (χ4v) is 4.21. The number of aromatic nitrogens is 2. The molecule has 1 aromatic carbocycles. The highest BCUT2D eigenvalue weighted by atomic mass is 32.2. The van der Waals surface area contributed by atoms with Crippen molar-refractivity contribution in [2.75, 3.05) is 0 Å². The Morgan fingerprint density at radius 2 is 2.00 bits per heavy atom. The number of unbranched alkanes of at least 4 members (excludes halogenated alkanes) is 3. The Bertz CT molecular complexity index is 629. The van der Waals surface area contributed by atoms with E-state index in [1.165, 1.54) is 32.1 Å². The average Bonchev–Trinajstić information content (AvgIpc) is 3.13. The molecule has 0 amide bonds.